The number of benzene rings is 1. The van der Waals surface area contributed by atoms with Crippen LogP contribution in [0.3, 0.4) is 0 Å². The van der Waals surface area contributed by atoms with Gasteiger partial charge in [-0.2, -0.15) is 0 Å². The van der Waals surface area contributed by atoms with Gasteiger partial charge in [0.25, 0.3) is 11.6 Å². The molecule has 0 N–H and O–H groups in total. The molecule has 1 aromatic carbocycles. The van der Waals surface area contributed by atoms with Crippen LogP contribution >= 0.6 is 15.9 Å². The van der Waals surface area contributed by atoms with E-state index in [0.717, 1.165) is 15.9 Å². The smallest absolute Gasteiger partial charge is 0.287 e. The minimum atomic E-state index is -0.446. The molecule has 1 fully saturated rings. The maximum Gasteiger partial charge on any atom is 0.287 e. The molecular weight excluding hydrogens is 388 g/mol. The molecule has 2 heterocycles. The molecule has 1 aromatic heterocycles. The van der Waals surface area contributed by atoms with Gasteiger partial charge in [0.1, 0.15) is 12.0 Å². The lowest BCUT2D eigenvalue weighted by Crippen LogP contribution is -2.49. The minimum absolute atomic E-state index is 0.000468. The summed E-state index contributed by atoms with van der Waals surface area (Å²) >= 11 is 3.42. The summed E-state index contributed by atoms with van der Waals surface area (Å²) in [5.74, 6) is 0.735. The number of carbonyl (C=O) groups is 1. The summed E-state index contributed by atoms with van der Waals surface area (Å²) in [6.07, 6.45) is 1.28. The Bertz CT molecular complexity index is 819. The maximum atomic E-state index is 12.6. The van der Waals surface area contributed by atoms with Gasteiger partial charge in [0, 0.05) is 36.7 Å². The first-order valence-corrected chi connectivity index (χ1v) is 8.66. The third-order valence-electron chi connectivity index (χ3n) is 4.22. The molecule has 0 aliphatic carbocycles. The summed E-state index contributed by atoms with van der Waals surface area (Å²) in [6, 6.07) is 8.91. The number of piperazine rings is 1. The molecule has 130 valence electrons. The third-order valence-corrected chi connectivity index (χ3v) is 4.91. The number of amides is 1. The fourth-order valence-corrected chi connectivity index (χ4v) is 3.36. The van der Waals surface area contributed by atoms with Crippen LogP contribution in [-0.4, -0.2) is 46.9 Å². The molecule has 1 amide bonds. The van der Waals surface area contributed by atoms with Gasteiger partial charge in [-0.1, -0.05) is 12.1 Å². The number of anilines is 1. The van der Waals surface area contributed by atoms with Crippen LogP contribution in [-0.2, 0) is 0 Å². The van der Waals surface area contributed by atoms with Crippen LogP contribution in [0.2, 0.25) is 0 Å². The number of nitro groups is 1. The summed E-state index contributed by atoms with van der Waals surface area (Å²) < 4.78 is 0.787. The SMILES string of the molecule is Cc1cc([N+](=O)[O-])cnc1N1CCN(C(=O)c2ccccc2Br)CC1. The Morgan fingerprint density at radius 2 is 1.92 bits per heavy atom. The van der Waals surface area contributed by atoms with E-state index in [2.05, 4.69) is 25.8 Å². The second-order valence-electron chi connectivity index (χ2n) is 5.85. The molecule has 1 aliphatic heterocycles. The number of carbonyl (C=O) groups excluding carboxylic acids is 1. The normalized spacial score (nSPS) is 14.5. The molecular formula is C17H17BrN4O3. The van der Waals surface area contributed by atoms with E-state index < -0.39 is 4.92 Å². The molecule has 25 heavy (non-hydrogen) atoms. The monoisotopic (exact) mass is 404 g/mol. The number of hydrogen-bond acceptors (Lipinski definition) is 5. The van der Waals surface area contributed by atoms with Crippen molar-refractivity contribution in [3.63, 3.8) is 0 Å². The van der Waals surface area contributed by atoms with Crippen molar-refractivity contribution in [1.82, 2.24) is 9.88 Å². The number of aryl methyl sites for hydroxylation is 1. The van der Waals surface area contributed by atoms with Gasteiger partial charge in [-0.3, -0.25) is 14.9 Å². The number of nitrogens with zero attached hydrogens (tertiary/aromatic N) is 4. The summed E-state index contributed by atoms with van der Waals surface area (Å²) in [6.45, 7) is 4.26. The molecule has 0 saturated carbocycles. The maximum absolute atomic E-state index is 12.6. The molecule has 0 atom stereocenters. The van der Waals surface area contributed by atoms with Crippen LogP contribution in [0.25, 0.3) is 0 Å². The van der Waals surface area contributed by atoms with Gasteiger partial charge in [-0.25, -0.2) is 4.98 Å². The molecule has 3 rings (SSSR count). The van der Waals surface area contributed by atoms with Crippen molar-refractivity contribution < 1.29 is 9.72 Å². The summed E-state index contributed by atoms with van der Waals surface area (Å²) in [7, 11) is 0. The van der Waals surface area contributed by atoms with Crippen LogP contribution in [0.5, 0.6) is 0 Å². The Hall–Kier alpha value is -2.48. The first kappa shape index (κ1) is 17.3. The van der Waals surface area contributed by atoms with Gasteiger partial charge in [0.05, 0.1) is 10.5 Å². The lowest BCUT2D eigenvalue weighted by Gasteiger charge is -2.36. The van der Waals surface area contributed by atoms with Crippen molar-refractivity contribution in [3.05, 3.63) is 62.2 Å². The van der Waals surface area contributed by atoms with Crippen LogP contribution in [0.15, 0.2) is 41.0 Å². The first-order chi connectivity index (χ1) is 12.0. The Balaban J connectivity index is 1.69. The van der Waals surface area contributed by atoms with Crippen molar-refractivity contribution in [3.8, 4) is 0 Å². The largest absolute Gasteiger partial charge is 0.353 e. The van der Waals surface area contributed by atoms with Gasteiger partial charge < -0.3 is 9.80 Å². The summed E-state index contributed by atoms with van der Waals surface area (Å²) in [5, 5.41) is 10.8. The highest BCUT2D eigenvalue weighted by atomic mass is 79.9. The van der Waals surface area contributed by atoms with Crippen LogP contribution in [0.4, 0.5) is 11.5 Å². The van der Waals surface area contributed by atoms with Crippen molar-refractivity contribution in [2.75, 3.05) is 31.1 Å². The van der Waals surface area contributed by atoms with E-state index >= 15 is 0 Å². The average molecular weight is 405 g/mol. The lowest BCUT2D eigenvalue weighted by atomic mass is 10.1. The molecule has 0 unspecified atom stereocenters. The highest BCUT2D eigenvalue weighted by Gasteiger charge is 2.25. The average Bonchev–Trinajstić information content (AvgIpc) is 2.61. The number of pyridine rings is 1. The van der Waals surface area contributed by atoms with E-state index in [1.54, 1.807) is 6.07 Å². The third kappa shape index (κ3) is 3.63. The minimum Gasteiger partial charge on any atom is -0.353 e. The van der Waals surface area contributed by atoms with Crippen molar-refractivity contribution in [2.24, 2.45) is 0 Å². The van der Waals surface area contributed by atoms with E-state index in [-0.39, 0.29) is 11.6 Å². The quantitative estimate of drug-likeness (QED) is 0.580. The standard InChI is InChI=1S/C17H17BrN4O3/c1-12-10-13(22(24)25)11-19-16(12)20-6-8-21(9-7-20)17(23)14-4-2-3-5-15(14)18/h2-5,10-11H,6-9H2,1H3. The predicted molar refractivity (Wildman–Crippen MR) is 97.9 cm³/mol. The Morgan fingerprint density at radius 3 is 2.52 bits per heavy atom. The highest BCUT2D eigenvalue weighted by Crippen LogP contribution is 2.24. The highest BCUT2D eigenvalue weighted by molar-refractivity contribution is 9.10. The second kappa shape index (κ2) is 7.18. The Labute approximate surface area is 153 Å². The topological polar surface area (TPSA) is 79.6 Å². The number of hydrogen-bond donors (Lipinski definition) is 0. The molecule has 7 nitrogen and oxygen atoms in total. The molecule has 2 aromatic rings. The Kier molecular flexibility index (Phi) is 4.98. The van der Waals surface area contributed by atoms with Crippen LogP contribution in [0, 0.1) is 17.0 Å². The second-order valence-corrected chi connectivity index (χ2v) is 6.70. The van der Waals surface area contributed by atoms with Crippen LogP contribution in [0.1, 0.15) is 15.9 Å². The van der Waals surface area contributed by atoms with Crippen molar-refractivity contribution in [1.29, 1.82) is 0 Å². The van der Waals surface area contributed by atoms with E-state index in [1.165, 1.54) is 12.3 Å². The number of aromatic nitrogens is 1. The Morgan fingerprint density at radius 1 is 1.24 bits per heavy atom. The summed E-state index contributed by atoms with van der Waals surface area (Å²) in [5.41, 5.74) is 1.41. The number of rotatable bonds is 3. The summed E-state index contributed by atoms with van der Waals surface area (Å²) in [4.78, 5) is 31.1. The van der Waals surface area contributed by atoms with E-state index in [9.17, 15) is 14.9 Å². The van der Waals surface area contributed by atoms with Crippen LogP contribution < -0.4 is 4.90 Å². The molecule has 0 bridgehead atoms. The molecule has 8 heteroatoms. The molecule has 1 aliphatic rings. The zero-order valence-electron chi connectivity index (χ0n) is 13.7. The van der Waals surface area contributed by atoms with Gasteiger partial charge in [0.2, 0.25) is 0 Å². The zero-order chi connectivity index (χ0) is 18.0. The molecule has 0 radical (unpaired) electrons. The van der Waals surface area contributed by atoms with E-state index in [4.69, 9.17) is 0 Å². The van der Waals surface area contributed by atoms with Gasteiger partial charge in [0.15, 0.2) is 0 Å². The van der Waals surface area contributed by atoms with E-state index in [0.29, 0.717) is 31.7 Å². The molecule has 0 spiro atoms. The predicted octanol–water partition coefficient (Wildman–Crippen LogP) is 3.02. The van der Waals surface area contributed by atoms with Crippen molar-refractivity contribution >= 4 is 33.3 Å². The fourth-order valence-electron chi connectivity index (χ4n) is 2.91. The fraction of sp³-hybridized carbons (Fsp3) is 0.294. The van der Waals surface area contributed by atoms with E-state index in [1.807, 2.05) is 30.0 Å². The van der Waals surface area contributed by atoms with Gasteiger partial charge in [-0.05, 0) is 40.5 Å². The zero-order valence-corrected chi connectivity index (χ0v) is 15.3. The van der Waals surface area contributed by atoms with Gasteiger partial charge >= 0.3 is 0 Å². The first-order valence-electron chi connectivity index (χ1n) is 7.87. The van der Waals surface area contributed by atoms with Gasteiger partial charge in [-0.15, -0.1) is 0 Å². The van der Waals surface area contributed by atoms with Crippen molar-refractivity contribution in [2.45, 2.75) is 6.92 Å². The molecule has 1 saturated heterocycles. The lowest BCUT2D eigenvalue weighted by molar-refractivity contribution is -0.385. The number of halogens is 1.